The van der Waals surface area contributed by atoms with Crippen molar-refractivity contribution in [2.45, 2.75) is 30.5 Å². The molecule has 0 N–H and O–H groups in total. The first kappa shape index (κ1) is 17.7. The molecule has 0 aromatic heterocycles. The molecule has 0 saturated carbocycles. The summed E-state index contributed by atoms with van der Waals surface area (Å²) in [4.78, 5) is 0. The van der Waals surface area contributed by atoms with E-state index in [4.69, 9.17) is 0 Å². The average molecular weight is 322 g/mol. The molecule has 0 aliphatic carbocycles. The minimum atomic E-state index is -6.41. The average Bonchev–Trinajstić information content (AvgIpc) is 2.34. The number of benzene rings is 1. The van der Waals surface area contributed by atoms with Crippen molar-refractivity contribution in [3.8, 4) is 0 Å². The fraction of sp³-hybridized carbons (Fsp3) is 0.500. The van der Waals surface area contributed by atoms with Crippen LogP contribution in [0.1, 0.15) is 18.1 Å². The SMILES string of the molecule is COC(CC(F)(F)C(F)(F)C(F)(F)F)c1cccc(F)c1. The lowest BCUT2D eigenvalue weighted by molar-refractivity contribution is -0.358. The third-order valence-electron chi connectivity index (χ3n) is 2.76. The van der Waals surface area contributed by atoms with Gasteiger partial charge in [0.25, 0.3) is 0 Å². The maximum atomic E-state index is 13.3. The molecule has 1 aromatic carbocycles. The summed E-state index contributed by atoms with van der Waals surface area (Å²) in [6, 6.07) is 3.85. The zero-order valence-electron chi connectivity index (χ0n) is 10.5. The zero-order valence-corrected chi connectivity index (χ0v) is 10.5. The molecule has 0 fully saturated rings. The minimum absolute atomic E-state index is 0.268. The van der Waals surface area contributed by atoms with Crippen molar-refractivity contribution in [1.82, 2.24) is 0 Å². The van der Waals surface area contributed by atoms with Crippen LogP contribution in [-0.4, -0.2) is 25.1 Å². The van der Waals surface area contributed by atoms with Gasteiger partial charge in [-0.15, -0.1) is 0 Å². The van der Waals surface area contributed by atoms with Crippen LogP contribution >= 0.6 is 0 Å². The molecule has 1 unspecified atom stereocenters. The molecule has 120 valence electrons. The van der Waals surface area contributed by atoms with Crippen LogP contribution in [0, 0.1) is 5.82 Å². The van der Waals surface area contributed by atoms with Crippen LogP contribution in [-0.2, 0) is 4.74 Å². The molecule has 1 aromatic rings. The second-order valence-electron chi connectivity index (χ2n) is 4.26. The molecule has 0 aliphatic heterocycles. The van der Waals surface area contributed by atoms with E-state index >= 15 is 0 Å². The Balaban J connectivity index is 3.05. The number of methoxy groups -OCH3 is 1. The Labute approximate surface area is 114 Å². The summed E-state index contributed by atoms with van der Waals surface area (Å²) < 4.78 is 106. The third-order valence-corrected chi connectivity index (χ3v) is 2.76. The van der Waals surface area contributed by atoms with E-state index in [0.717, 1.165) is 31.4 Å². The Morgan fingerprint density at radius 3 is 2.05 bits per heavy atom. The monoisotopic (exact) mass is 322 g/mol. The lowest BCUT2D eigenvalue weighted by Crippen LogP contribution is -2.52. The normalized spacial score (nSPS) is 15.1. The van der Waals surface area contributed by atoms with Gasteiger partial charge >= 0.3 is 18.0 Å². The van der Waals surface area contributed by atoms with Crippen LogP contribution < -0.4 is 0 Å². The highest BCUT2D eigenvalue weighted by atomic mass is 19.4. The van der Waals surface area contributed by atoms with Gasteiger partial charge in [0.1, 0.15) is 5.82 Å². The van der Waals surface area contributed by atoms with Crippen molar-refractivity contribution < 1.29 is 39.9 Å². The minimum Gasteiger partial charge on any atom is -0.377 e. The Morgan fingerprint density at radius 2 is 1.62 bits per heavy atom. The van der Waals surface area contributed by atoms with Crippen molar-refractivity contribution in [2.75, 3.05) is 7.11 Å². The number of hydrogen-bond donors (Lipinski definition) is 0. The number of halogens is 8. The molecule has 1 rings (SSSR count). The summed E-state index contributed by atoms with van der Waals surface area (Å²) in [6.07, 6.45) is -10.2. The van der Waals surface area contributed by atoms with Gasteiger partial charge in [-0.05, 0) is 17.7 Å². The molecule has 0 saturated heterocycles. The summed E-state index contributed by atoms with van der Waals surface area (Å²) in [5.41, 5.74) is -0.268. The number of rotatable bonds is 5. The van der Waals surface area contributed by atoms with E-state index in [-0.39, 0.29) is 5.56 Å². The van der Waals surface area contributed by atoms with E-state index in [2.05, 4.69) is 4.74 Å². The molecule has 0 heterocycles. The Kier molecular flexibility index (Phi) is 4.87. The molecule has 0 amide bonds. The maximum absolute atomic E-state index is 13.3. The lowest BCUT2D eigenvalue weighted by Gasteiger charge is -2.30. The number of hydrogen-bond acceptors (Lipinski definition) is 1. The van der Waals surface area contributed by atoms with E-state index in [1.807, 2.05) is 0 Å². The van der Waals surface area contributed by atoms with Crippen LogP contribution in [0.25, 0.3) is 0 Å². The molecule has 0 aliphatic rings. The maximum Gasteiger partial charge on any atom is 0.459 e. The van der Waals surface area contributed by atoms with Crippen molar-refractivity contribution >= 4 is 0 Å². The Hall–Kier alpha value is -1.38. The van der Waals surface area contributed by atoms with Gasteiger partial charge < -0.3 is 4.74 Å². The van der Waals surface area contributed by atoms with Gasteiger partial charge in [0.05, 0.1) is 6.10 Å². The molecule has 1 nitrogen and oxygen atoms in total. The summed E-state index contributed by atoms with van der Waals surface area (Å²) in [7, 11) is 0.845. The van der Waals surface area contributed by atoms with Gasteiger partial charge in [0.15, 0.2) is 0 Å². The second kappa shape index (κ2) is 5.78. The molecular weight excluding hydrogens is 312 g/mol. The first-order valence-corrected chi connectivity index (χ1v) is 5.53. The Bertz CT molecular complexity index is 482. The quantitative estimate of drug-likeness (QED) is 0.712. The van der Waals surface area contributed by atoms with Crippen molar-refractivity contribution in [3.05, 3.63) is 35.6 Å². The topological polar surface area (TPSA) is 9.23 Å². The number of ether oxygens (including phenoxy) is 1. The fourth-order valence-corrected chi connectivity index (χ4v) is 1.61. The van der Waals surface area contributed by atoms with Crippen LogP contribution in [0.4, 0.5) is 35.1 Å². The fourth-order valence-electron chi connectivity index (χ4n) is 1.61. The second-order valence-corrected chi connectivity index (χ2v) is 4.26. The van der Waals surface area contributed by atoms with Crippen molar-refractivity contribution in [2.24, 2.45) is 0 Å². The highest BCUT2D eigenvalue weighted by Gasteiger charge is 2.73. The van der Waals surface area contributed by atoms with Crippen molar-refractivity contribution in [3.63, 3.8) is 0 Å². The lowest BCUT2D eigenvalue weighted by atomic mass is 9.98. The van der Waals surface area contributed by atoms with Gasteiger partial charge in [0.2, 0.25) is 0 Å². The van der Waals surface area contributed by atoms with Crippen LogP contribution in [0.2, 0.25) is 0 Å². The molecule has 21 heavy (non-hydrogen) atoms. The van der Waals surface area contributed by atoms with E-state index in [0.29, 0.717) is 0 Å². The third kappa shape index (κ3) is 3.63. The zero-order chi connectivity index (χ0) is 16.5. The van der Waals surface area contributed by atoms with E-state index < -0.39 is 36.4 Å². The van der Waals surface area contributed by atoms with Crippen LogP contribution in [0.15, 0.2) is 24.3 Å². The summed E-state index contributed by atoms with van der Waals surface area (Å²) >= 11 is 0. The van der Waals surface area contributed by atoms with Gasteiger partial charge in [-0.3, -0.25) is 0 Å². The Morgan fingerprint density at radius 1 is 1.05 bits per heavy atom. The van der Waals surface area contributed by atoms with E-state index in [1.165, 1.54) is 0 Å². The first-order chi connectivity index (χ1) is 9.42. The van der Waals surface area contributed by atoms with Gasteiger partial charge in [-0.2, -0.15) is 30.7 Å². The predicted molar refractivity (Wildman–Crippen MR) is 56.7 cm³/mol. The number of alkyl halides is 7. The summed E-state index contributed by atoms with van der Waals surface area (Å²) in [5.74, 6) is -12.5. The van der Waals surface area contributed by atoms with Gasteiger partial charge in [-0.25, -0.2) is 4.39 Å². The molecule has 0 bridgehead atoms. The summed E-state index contributed by atoms with van der Waals surface area (Å²) in [6.45, 7) is 0. The van der Waals surface area contributed by atoms with Crippen LogP contribution in [0.5, 0.6) is 0 Å². The van der Waals surface area contributed by atoms with E-state index in [1.54, 1.807) is 0 Å². The highest BCUT2D eigenvalue weighted by molar-refractivity contribution is 5.19. The predicted octanol–water partition coefficient (Wildman–Crippen LogP) is 4.74. The smallest absolute Gasteiger partial charge is 0.377 e. The molecular formula is C12H10F8O. The highest BCUT2D eigenvalue weighted by Crippen LogP contribution is 2.50. The van der Waals surface area contributed by atoms with E-state index in [9.17, 15) is 35.1 Å². The molecule has 9 heteroatoms. The van der Waals surface area contributed by atoms with Crippen LogP contribution in [0.3, 0.4) is 0 Å². The van der Waals surface area contributed by atoms with Gasteiger partial charge in [-0.1, -0.05) is 12.1 Å². The van der Waals surface area contributed by atoms with Gasteiger partial charge in [0, 0.05) is 13.5 Å². The molecule has 0 spiro atoms. The van der Waals surface area contributed by atoms with Crippen molar-refractivity contribution in [1.29, 1.82) is 0 Å². The standard InChI is InChI=1S/C12H10F8O/c1-21-9(7-3-2-4-8(13)5-7)6-10(14,15)11(16,17)12(18,19)20/h2-5,9H,6H2,1H3. The largest absolute Gasteiger partial charge is 0.459 e. The summed E-state index contributed by atoms with van der Waals surface area (Å²) in [5, 5.41) is 0. The molecule has 0 radical (unpaired) electrons. The first-order valence-electron chi connectivity index (χ1n) is 5.53. The molecule has 1 atom stereocenters.